The van der Waals surface area contributed by atoms with Gasteiger partial charge in [-0.25, -0.2) is 5.43 Å². The molecule has 0 spiro atoms. The smallest absolute Gasteiger partial charge is 0.259 e. The molecule has 4 nitrogen and oxygen atoms in total. The van der Waals surface area contributed by atoms with Crippen LogP contribution in [0, 0.1) is 6.92 Å². The number of halogens is 1. The number of hydrogen-bond acceptors (Lipinski definition) is 4. The van der Waals surface area contributed by atoms with Crippen LogP contribution in [-0.2, 0) is 4.79 Å². The standard InChI is InChI=1S/C14H14ClN3OS/c1-10-2-4-11(5-3-10)16-9-14(19)18-17-8-12-6-7-13(15)20-12/h2-8,16H,9H2,1H3,(H,18,19). The van der Waals surface area contributed by atoms with Crippen molar-refractivity contribution in [2.45, 2.75) is 6.92 Å². The lowest BCUT2D eigenvalue weighted by Crippen LogP contribution is -2.25. The molecular weight excluding hydrogens is 294 g/mol. The van der Waals surface area contributed by atoms with Crippen molar-refractivity contribution in [2.75, 3.05) is 11.9 Å². The molecule has 2 aromatic rings. The first-order chi connectivity index (χ1) is 9.63. The summed E-state index contributed by atoms with van der Waals surface area (Å²) in [4.78, 5) is 12.5. The molecule has 1 heterocycles. The number of anilines is 1. The third-order valence-corrected chi connectivity index (χ3v) is 3.65. The first-order valence-electron chi connectivity index (χ1n) is 6.01. The minimum atomic E-state index is -0.204. The van der Waals surface area contributed by atoms with Gasteiger partial charge in [0.2, 0.25) is 0 Å². The zero-order valence-corrected chi connectivity index (χ0v) is 12.5. The number of benzene rings is 1. The Labute approximate surface area is 126 Å². The van der Waals surface area contributed by atoms with Crippen LogP contribution in [0.2, 0.25) is 4.34 Å². The number of carbonyl (C=O) groups excluding carboxylic acids is 1. The van der Waals surface area contributed by atoms with Gasteiger partial charge in [0.15, 0.2) is 0 Å². The highest BCUT2D eigenvalue weighted by molar-refractivity contribution is 7.17. The number of nitrogens with zero attached hydrogens (tertiary/aromatic N) is 1. The van der Waals surface area contributed by atoms with E-state index in [-0.39, 0.29) is 12.5 Å². The molecule has 1 aromatic carbocycles. The fourth-order valence-corrected chi connectivity index (χ4v) is 2.39. The van der Waals surface area contributed by atoms with E-state index < -0.39 is 0 Å². The number of hydrogen-bond donors (Lipinski definition) is 2. The van der Waals surface area contributed by atoms with Crippen molar-refractivity contribution in [1.29, 1.82) is 0 Å². The second-order valence-electron chi connectivity index (χ2n) is 4.15. The number of amides is 1. The average Bonchev–Trinajstić information content (AvgIpc) is 2.84. The molecule has 0 bridgehead atoms. The van der Waals surface area contributed by atoms with Crippen LogP contribution in [0.25, 0.3) is 0 Å². The summed E-state index contributed by atoms with van der Waals surface area (Å²) in [6, 6.07) is 11.5. The normalized spacial score (nSPS) is 10.7. The van der Waals surface area contributed by atoms with E-state index >= 15 is 0 Å². The number of thiophene rings is 1. The highest BCUT2D eigenvalue weighted by atomic mass is 35.5. The lowest BCUT2D eigenvalue weighted by Gasteiger charge is -2.05. The Kier molecular flexibility index (Phi) is 5.15. The third-order valence-electron chi connectivity index (χ3n) is 2.48. The number of aryl methyl sites for hydroxylation is 1. The topological polar surface area (TPSA) is 53.5 Å². The van der Waals surface area contributed by atoms with Gasteiger partial charge in [0.05, 0.1) is 17.1 Å². The summed E-state index contributed by atoms with van der Waals surface area (Å²) in [5.74, 6) is -0.204. The molecule has 1 amide bonds. The fraction of sp³-hybridized carbons (Fsp3) is 0.143. The fourth-order valence-electron chi connectivity index (χ4n) is 1.46. The summed E-state index contributed by atoms with van der Waals surface area (Å²) < 4.78 is 0.693. The van der Waals surface area contributed by atoms with Crippen LogP contribution in [0.15, 0.2) is 41.5 Å². The van der Waals surface area contributed by atoms with E-state index in [1.807, 2.05) is 37.3 Å². The van der Waals surface area contributed by atoms with E-state index in [4.69, 9.17) is 11.6 Å². The molecule has 1 aromatic heterocycles. The van der Waals surface area contributed by atoms with Crippen molar-refractivity contribution in [2.24, 2.45) is 5.10 Å². The lowest BCUT2D eigenvalue weighted by molar-refractivity contribution is -0.119. The molecule has 0 aliphatic carbocycles. The van der Waals surface area contributed by atoms with E-state index in [0.717, 1.165) is 10.6 Å². The highest BCUT2D eigenvalue weighted by Gasteiger charge is 1.99. The van der Waals surface area contributed by atoms with Crippen LogP contribution in [0.3, 0.4) is 0 Å². The van der Waals surface area contributed by atoms with E-state index in [1.54, 1.807) is 12.3 Å². The Morgan fingerprint density at radius 1 is 1.30 bits per heavy atom. The van der Waals surface area contributed by atoms with Gasteiger partial charge in [-0.1, -0.05) is 29.3 Å². The van der Waals surface area contributed by atoms with Gasteiger partial charge < -0.3 is 5.32 Å². The molecule has 20 heavy (non-hydrogen) atoms. The molecule has 0 unspecified atom stereocenters. The second-order valence-corrected chi connectivity index (χ2v) is 5.90. The van der Waals surface area contributed by atoms with Gasteiger partial charge >= 0.3 is 0 Å². The maximum Gasteiger partial charge on any atom is 0.259 e. The number of hydrazone groups is 1. The van der Waals surface area contributed by atoms with E-state index in [9.17, 15) is 4.79 Å². The summed E-state index contributed by atoms with van der Waals surface area (Å²) in [5.41, 5.74) is 4.54. The Hall–Kier alpha value is -1.85. The van der Waals surface area contributed by atoms with Gasteiger partial charge in [-0.2, -0.15) is 5.10 Å². The molecule has 0 saturated carbocycles. The summed E-state index contributed by atoms with van der Waals surface area (Å²) in [5, 5.41) is 6.89. The van der Waals surface area contributed by atoms with Gasteiger partial charge in [0.1, 0.15) is 0 Å². The van der Waals surface area contributed by atoms with Crippen molar-refractivity contribution in [3.05, 3.63) is 51.2 Å². The molecule has 2 rings (SSSR count). The second kappa shape index (κ2) is 7.07. The highest BCUT2D eigenvalue weighted by Crippen LogP contribution is 2.19. The van der Waals surface area contributed by atoms with Gasteiger partial charge in [-0.15, -0.1) is 11.3 Å². The molecule has 104 valence electrons. The molecule has 2 N–H and O–H groups in total. The summed E-state index contributed by atoms with van der Waals surface area (Å²) in [6.07, 6.45) is 1.57. The van der Waals surface area contributed by atoms with Gasteiger partial charge in [-0.05, 0) is 31.2 Å². The molecular formula is C14H14ClN3OS. The molecule has 0 aliphatic rings. The van der Waals surface area contributed by atoms with Gasteiger partial charge in [-0.3, -0.25) is 4.79 Å². The maximum atomic E-state index is 11.6. The van der Waals surface area contributed by atoms with Crippen molar-refractivity contribution in [3.8, 4) is 0 Å². The van der Waals surface area contributed by atoms with Crippen LogP contribution in [-0.4, -0.2) is 18.7 Å². The molecule has 0 fully saturated rings. The summed E-state index contributed by atoms with van der Waals surface area (Å²) in [6.45, 7) is 2.19. The molecule has 0 saturated heterocycles. The number of carbonyl (C=O) groups is 1. The van der Waals surface area contributed by atoms with Crippen LogP contribution in [0.4, 0.5) is 5.69 Å². The van der Waals surface area contributed by atoms with Crippen molar-refractivity contribution < 1.29 is 4.79 Å². The predicted octanol–water partition coefficient (Wildman–Crippen LogP) is 3.27. The zero-order valence-electron chi connectivity index (χ0n) is 10.9. The van der Waals surface area contributed by atoms with Crippen LogP contribution < -0.4 is 10.7 Å². The molecule has 0 aliphatic heterocycles. The third kappa shape index (κ3) is 4.68. The molecule has 0 atom stereocenters. The Morgan fingerprint density at radius 2 is 2.05 bits per heavy atom. The zero-order chi connectivity index (χ0) is 14.4. The number of rotatable bonds is 5. The Morgan fingerprint density at radius 3 is 2.70 bits per heavy atom. The molecule has 0 radical (unpaired) electrons. The van der Waals surface area contributed by atoms with E-state index in [1.165, 1.54) is 16.9 Å². The monoisotopic (exact) mass is 307 g/mol. The van der Waals surface area contributed by atoms with E-state index in [0.29, 0.717) is 4.34 Å². The van der Waals surface area contributed by atoms with Crippen molar-refractivity contribution >= 4 is 40.7 Å². The average molecular weight is 308 g/mol. The SMILES string of the molecule is Cc1ccc(NCC(=O)NN=Cc2ccc(Cl)s2)cc1. The largest absolute Gasteiger partial charge is 0.376 e. The van der Waals surface area contributed by atoms with Crippen LogP contribution in [0.1, 0.15) is 10.4 Å². The van der Waals surface area contributed by atoms with Crippen molar-refractivity contribution in [3.63, 3.8) is 0 Å². The summed E-state index contributed by atoms with van der Waals surface area (Å²) >= 11 is 7.19. The van der Waals surface area contributed by atoms with Crippen LogP contribution >= 0.6 is 22.9 Å². The van der Waals surface area contributed by atoms with Gasteiger partial charge in [0.25, 0.3) is 5.91 Å². The van der Waals surface area contributed by atoms with Crippen molar-refractivity contribution in [1.82, 2.24) is 5.43 Å². The first-order valence-corrected chi connectivity index (χ1v) is 7.21. The quantitative estimate of drug-likeness (QED) is 0.658. The number of nitrogens with one attached hydrogen (secondary N) is 2. The Balaban J connectivity index is 1.75. The van der Waals surface area contributed by atoms with Crippen LogP contribution in [0.5, 0.6) is 0 Å². The minimum Gasteiger partial charge on any atom is -0.376 e. The Bertz CT molecular complexity index is 607. The maximum absolute atomic E-state index is 11.6. The first kappa shape index (κ1) is 14.6. The summed E-state index contributed by atoms with van der Waals surface area (Å²) in [7, 11) is 0. The minimum absolute atomic E-state index is 0.172. The van der Waals surface area contributed by atoms with Gasteiger partial charge in [0, 0.05) is 10.6 Å². The molecule has 6 heteroatoms. The predicted molar refractivity (Wildman–Crippen MR) is 84.7 cm³/mol. The van der Waals surface area contributed by atoms with E-state index in [2.05, 4.69) is 15.8 Å². The lowest BCUT2D eigenvalue weighted by atomic mass is 10.2.